The molecule has 0 saturated carbocycles. The molecule has 6 heteroatoms. The van der Waals surface area contributed by atoms with Crippen molar-refractivity contribution in [3.8, 4) is 0 Å². The van der Waals surface area contributed by atoms with E-state index >= 15 is 0 Å². The highest BCUT2D eigenvalue weighted by Gasteiger charge is 2.49. The zero-order valence-corrected chi connectivity index (χ0v) is 12.8. The molecule has 1 heterocycles. The predicted molar refractivity (Wildman–Crippen MR) is 78.5 cm³/mol. The van der Waals surface area contributed by atoms with Crippen molar-refractivity contribution in [2.24, 2.45) is 11.8 Å². The average Bonchev–Trinajstić information content (AvgIpc) is 2.71. The third-order valence-corrected chi connectivity index (χ3v) is 4.79. The van der Waals surface area contributed by atoms with E-state index in [9.17, 15) is 22.8 Å². The van der Waals surface area contributed by atoms with Gasteiger partial charge in [0.15, 0.2) is 0 Å². The van der Waals surface area contributed by atoms with Crippen LogP contribution in [0.5, 0.6) is 0 Å². The molecule has 122 valence electrons. The van der Waals surface area contributed by atoms with Gasteiger partial charge in [-0.2, -0.15) is 13.2 Å². The molecule has 1 aromatic carbocycles. The number of benzene rings is 1. The van der Waals surface area contributed by atoms with Crippen molar-refractivity contribution in [2.45, 2.75) is 32.9 Å². The Hall–Kier alpha value is -2.11. The second-order valence-corrected chi connectivity index (χ2v) is 6.24. The van der Waals surface area contributed by atoms with Crippen LogP contribution in [0.3, 0.4) is 0 Å². The maximum absolute atomic E-state index is 12.6. The number of hydrogen-bond acceptors (Lipinski definition) is 2. The van der Waals surface area contributed by atoms with Crippen LogP contribution in [-0.4, -0.2) is 11.8 Å². The summed E-state index contributed by atoms with van der Waals surface area (Å²) in [6.45, 7) is 3.90. The van der Waals surface area contributed by atoms with Gasteiger partial charge in [-0.05, 0) is 51.0 Å². The number of carbonyl (C=O) groups excluding carboxylic acids is 2. The normalized spacial score (nSPS) is 25.2. The van der Waals surface area contributed by atoms with E-state index in [0.717, 1.165) is 28.2 Å². The predicted octanol–water partition coefficient (Wildman–Crippen LogP) is 3.94. The summed E-state index contributed by atoms with van der Waals surface area (Å²) < 4.78 is 37.9. The summed E-state index contributed by atoms with van der Waals surface area (Å²) in [6.07, 6.45) is -3.36. The quantitative estimate of drug-likeness (QED) is 0.580. The van der Waals surface area contributed by atoms with Gasteiger partial charge in [0, 0.05) is 0 Å². The van der Waals surface area contributed by atoms with Gasteiger partial charge in [0.1, 0.15) is 0 Å². The molecule has 2 atom stereocenters. The minimum absolute atomic E-state index is 0.206. The van der Waals surface area contributed by atoms with Crippen LogP contribution in [0.1, 0.15) is 32.3 Å². The Balaban J connectivity index is 1.91. The van der Waals surface area contributed by atoms with Crippen LogP contribution in [0.25, 0.3) is 0 Å². The van der Waals surface area contributed by atoms with Gasteiger partial charge in [0.05, 0.1) is 23.1 Å². The van der Waals surface area contributed by atoms with Crippen LogP contribution in [0.4, 0.5) is 18.9 Å². The highest BCUT2D eigenvalue weighted by molar-refractivity contribution is 6.22. The van der Waals surface area contributed by atoms with E-state index < -0.39 is 23.6 Å². The van der Waals surface area contributed by atoms with Crippen molar-refractivity contribution in [2.75, 3.05) is 4.90 Å². The van der Waals surface area contributed by atoms with E-state index in [4.69, 9.17) is 0 Å². The number of carbonyl (C=O) groups is 2. The van der Waals surface area contributed by atoms with Crippen molar-refractivity contribution in [1.82, 2.24) is 0 Å². The third kappa shape index (κ3) is 2.56. The zero-order chi connectivity index (χ0) is 16.9. The molecule has 0 bridgehead atoms. The average molecular weight is 323 g/mol. The summed E-state index contributed by atoms with van der Waals surface area (Å²) in [5.41, 5.74) is 1.63. The summed E-state index contributed by atoms with van der Waals surface area (Å²) in [5, 5.41) is 0. The minimum Gasteiger partial charge on any atom is -0.274 e. The van der Waals surface area contributed by atoms with E-state index in [1.165, 1.54) is 12.1 Å². The number of allylic oxidation sites excluding steroid dienone is 2. The molecule has 0 radical (unpaired) electrons. The Morgan fingerprint density at radius 3 is 1.74 bits per heavy atom. The smallest absolute Gasteiger partial charge is 0.274 e. The molecular formula is C17H16F3NO2. The molecule has 1 saturated heterocycles. The monoisotopic (exact) mass is 323 g/mol. The lowest BCUT2D eigenvalue weighted by Gasteiger charge is -2.23. The summed E-state index contributed by atoms with van der Waals surface area (Å²) in [4.78, 5) is 26.1. The highest BCUT2D eigenvalue weighted by atomic mass is 19.4. The number of fused-ring (bicyclic) bond motifs is 1. The van der Waals surface area contributed by atoms with Gasteiger partial charge in [-0.3, -0.25) is 14.5 Å². The van der Waals surface area contributed by atoms with Gasteiger partial charge in [0.2, 0.25) is 11.8 Å². The Kier molecular flexibility index (Phi) is 3.58. The number of alkyl halides is 3. The Labute approximate surface area is 131 Å². The van der Waals surface area contributed by atoms with Gasteiger partial charge < -0.3 is 0 Å². The van der Waals surface area contributed by atoms with Gasteiger partial charge >= 0.3 is 6.18 Å². The summed E-state index contributed by atoms with van der Waals surface area (Å²) in [6, 6.07) is 4.16. The molecular weight excluding hydrogens is 307 g/mol. The van der Waals surface area contributed by atoms with Crippen LogP contribution in [0.15, 0.2) is 35.4 Å². The first kappa shape index (κ1) is 15.8. The molecule has 0 spiro atoms. The standard InChI is InChI=1S/C17H16F3NO2/c1-9-7-13-14(8-10(9)2)16(23)21(15(13)22)12-5-3-11(4-6-12)17(18,19)20/h3-6,13-14H,7-8H2,1-2H3. The third-order valence-electron chi connectivity index (χ3n) is 4.79. The first-order chi connectivity index (χ1) is 10.7. The van der Waals surface area contributed by atoms with Crippen molar-refractivity contribution in [3.05, 3.63) is 41.0 Å². The lowest BCUT2D eigenvalue weighted by molar-refractivity contribution is -0.137. The second kappa shape index (κ2) is 5.22. The molecule has 23 heavy (non-hydrogen) atoms. The fraction of sp³-hybridized carbons (Fsp3) is 0.412. The first-order valence-corrected chi connectivity index (χ1v) is 7.40. The van der Waals surface area contributed by atoms with Crippen LogP contribution < -0.4 is 4.90 Å². The minimum atomic E-state index is -4.44. The molecule has 2 unspecified atom stereocenters. The van der Waals surface area contributed by atoms with Gasteiger partial charge in [-0.15, -0.1) is 0 Å². The van der Waals surface area contributed by atoms with Crippen LogP contribution >= 0.6 is 0 Å². The fourth-order valence-corrected chi connectivity index (χ4v) is 3.31. The van der Waals surface area contributed by atoms with E-state index in [1.54, 1.807) is 0 Å². The second-order valence-electron chi connectivity index (χ2n) is 6.24. The maximum Gasteiger partial charge on any atom is 0.416 e. The summed E-state index contributed by atoms with van der Waals surface area (Å²) in [5.74, 6) is -1.42. The molecule has 1 aliphatic heterocycles. The number of halogens is 3. The number of anilines is 1. The molecule has 0 N–H and O–H groups in total. The number of imide groups is 1. The molecule has 1 fully saturated rings. The van der Waals surface area contributed by atoms with Crippen molar-refractivity contribution in [3.63, 3.8) is 0 Å². The summed E-state index contributed by atoms with van der Waals surface area (Å²) in [7, 11) is 0. The number of rotatable bonds is 1. The largest absolute Gasteiger partial charge is 0.416 e. The molecule has 0 aromatic heterocycles. The molecule has 2 amide bonds. The van der Waals surface area contributed by atoms with E-state index in [1.807, 2.05) is 13.8 Å². The summed E-state index contributed by atoms with van der Waals surface area (Å²) >= 11 is 0. The lowest BCUT2D eigenvalue weighted by atomic mass is 9.78. The van der Waals surface area contributed by atoms with Crippen LogP contribution in [-0.2, 0) is 15.8 Å². The van der Waals surface area contributed by atoms with Gasteiger partial charge in [-0.1, -0.05) is 11.1 Å². The lowest BCUT2D eigenvalue weighted by Crippen LogP contribution is -2.30. The molecule has 3 nitrogen and oxygen atoms in total. The Bertz CT molecular complexity index is 672. The molecule has 3 rings (SSSR count). The first-order valence-electron chi connectivity index (χ1n) is 7.40. The van der Waals surface area contributed by atoms with Crippen molar-refractivity contribution in [1.29, 1.82) is 0 Å². The number of hydrogen-bond donors (Lipinski definition) is 0. The van der Waals surface area contributed by atoms with Gasteiger partial charge in [0.25, 0.3) is 0 Å². The molecule has 2 aliphatic rings. The molecule has 1 aromatic rings. The SMILES string of the molecule is CC1=C(C)CC2C(=O)N(c3ccc(C(F)(F)F)cc3)C(=O)C2C1. The van der Waals surface area contributed by atoms with E-state index in [-0.39, 0.29) is 17.5 Å². The van der Waals surface area contributed by atoms with Crippen LogP contribution in [0.2, 0.25) is 0 Å². The van der Waals surface area contributed by atoms with Crippen molar-refractivity contribution < 1.29 is 22.8 Å². The van der Waals surface area contributed by atoms with Gasteiger partial charge in [-0.25, -0.2) is 0 Å². The topological polar surface area (TPSA) is 37.4 Å². The van der Waals surface area contributed by atoms with Crippen molar-refractivity contribution >= 4 is 17.5 Å². The Morgan fingerprint density at radius 2 is 1.35 bits per heavy atom. The molecule has 1 aliphatic carbocycles. The van der Waals surface area contributed by atoms with E-state index in [0.29, 0.717) is 12.8 Å². The maximum atomic E-state index is 12.6. The van der Waals surface area contributed by atoms with Crippen LogP contribution in [0, 0.1) is 11.8 Å². The van der Waals surface area contributed by atoms with E-state index in [2.05, 4.69) is 0 Å². The highest BCUT2D eigenvalue weighted by Crippen LogP contribution is 2.42. The fourth-order valence-electron chi connectivity index (χ4n) is 3.31. The Morgan fingerprint density at radius 1 is 0.913 bits per heavy atom. The number of nitrogens with zero attached hydrogens (tertiary/aromatic N) is 1. The number of amides is 2. The zero-order valence-electron chi connectivity index (χ0n) is 12.8.